The molecule has 1 fully saturated rings. The lowest BCUT2D eigenvalue weighted by atomic mass is 10.2. The molecule has 3 rings (SSSR count). The Morgan fingerprint density at radius 2 is 2.12 bits per heavy atom. The van der Waals surface area contributed by atoms with Crippen LogP contribution < -0.4 is 11.0 Å². The average molecular weight is 240 g/mol. The fourth-order valence-electron chi connectivity index (χ4n) is 2.30. The number of aromatic nitrogens is 2. The zero-order valence-corrected chi connectivity index (χ0v) is 9.59. The molecule has 0 saturated carbocycles. The lowest BCUT2D eigenvalue weighted by Gasteiger charge is -2.09. The standard InChI is InChI=1S/C11H13N3O.ClH/c15-11-13-9-3-1-2-4-10(9)14(11)8-5-6-12-7-8;/h1-4,8,12H,5-7H2,(H,13,15);1H/t8-;/m1./s1. The Bertz CT molecular complexity index is 539. The van der Waals surface area contributed by atoms with Gasteiger partial charge in [0, 0.05) is 6.54 Å². The van der Waals surface area contributed by atoms with Gasteiger partial charge in [0.15, 0.2) is 0 Å². The van der Waals surface area contributed by atoms with Crippen LogP contribution in [-0.4, -0.2) is 22.6 Å². The van der Waals surface area contributed by atoms with E-state index in [0.717, 1.165) is 30.5 Å². The third-order valence-electron chi connectivity index (χ3n) is 3.02. The van der Waals surface area contributed by atoms with Crippen molar-refractivity contribution in [2.75, 3.05) is 13.1 Å². The Labute approximate surface area is 99.1 Å². The number of rotatable bonds is 1. The Morgan fingerprint density at radius 1 is 1.31 bits per heavy atom. The number of benzene rings is 1. The number of nitrogens with one attached hydrogen (secondary N) is 2. The quantitative estimate of drug-likeness (QED) is 0.788. The minimum atomic E-state index is 0. The van der Waals surface area contributed by atoms with Gasteiger partial charge in [-0.1, -0.05) is 12.1 Å². The minimum Gasteiger partial charge on any atom is -0.315 e. The van der Waals surface area contributed by atoms with Gasteiger partial charge in [-0.15, -0.1) is 12.4 Å². The Kier molecular flexibility index (Phi) is 3.03. The van der Waals surface area contributed by atoms with E-state index in [2.05, 4.69) is 10.3 Å². The Hall–Kier alpha value is -1.26. The summed E-state index contributed by atoms with van der Waals surface area (Å²) in [6.45, 7) is 1.89. The second-order valence-corrected chi connectivity index (χ2v) is 3.96. The summed E-state index contributed by atoms with van der Waals surface area (Å²) in [6, 6.07) is 8.14. The van der Waals surface area contributed by atoms with Gasteiger partial charge >= 0.3 is 5.69 Å². The number of hydrogen-bond donors (Lipinski definition) is 2. The van der Waals surface area contributed by atoms with Crippen LogP contribution in [0.15, 0.2) is 29.1 Å². The molecule has 2 N–H and O–H groups in total. The van der Waals surface area contributed by atoms with Crippen LogP contribution >= 0.6 is 12.4 Å². The average Bonchev–Trinajstić information content (AvgIpc) is 2.82. The molecule has 2 heterocycles. The van der Waals surface area contributed by atoms with Crippen molar-refractivity contribution in [3.05, 3.63) is 34.7 Å². The summed E-state index contributed by atoms with van der Waals surface area (Å²) in [5, 5.41) is 3.28. The SMILES string of the molecule is Cl.O=c1[nH]c2ccccc2n1[C@@H]1CCNC1. The summed E-state index contributed by atoms with van der Waals surface area (Å²) in [6.07, 6.45) is 1.03. The molecule has 4 nitrogen and oxygen atoms in total. The Balaban J connectivity index is 0.000000963. The molecule has 1 aliphatic rings. The molecule has 1 atom stereocenters. The topological polar surface area (TPSA) is 49.8 Å². The number of hydrogen-bond acceptors (Lipinski definition) is 2. The monoisotopic (exact) mass is 239 g/mol. The van der Waals surface area contributed by atoms with E-state index in [1.807, 2.05) is 28.8 Å². The molecule has 0 bridgehead atoms. The fourth-order valence-corrected chi connectivity index (χ4v) is 2.30. The van der Waals surface area contributed by atoms with E-state index >= 15 is 0 Å². The van der Waals surface area contributed by atoms with E-state index < -0.39 is 0 Å². The molecule has 16 heavy (non-hydrogen) atoms. The molecular formula is C11H14ClN3O. The van der Waals surface area contributed by atoms with E-state index in [1.165, 1.54) is 0 Å². The van der Waals surface area contributed by atoms with Crippen LogP contribution in [-0.2, 0) is 0 Å². The highest BCUT2D eigenvalue weighted by atomic mass is 35.5. The summed E-state index contributed by atoms with van der Waals surface area (Å²) in [5.74, 6) is 0. The van der Waals surface area contributed by atoms with Crippen LogP contribution in [0.2, 0.25) is 0 Å². The molecule has 0 aliphatic carbocycles. The molecule has 1 aromatic carbocycles. The van der Waals surface area contributed by atoms with Crippen LogP contribution in [0.3, 0.4) is 0 Å². The second kappa shape index (κ2) is 4.31. The van der Waals surface area contributed by atoms with Crippen molar-refractivity contribution in [1.82, 2.24) is 14.9 Å². The first-order chi connectivity index (χ1) is 7.36. The van der Waals surface area contributed by atoms with Gasteiger partial charge in [0.05, 0.1) is 17.1 Å². The first-order valence-electron chi connectivity index (χ1n) is 5.26. The molecule has 86 valence electrons. The molecule has 1 aliphatic heterocycles. The third kappa shape index (κ3) is 1.64. The maximum atomic E-state index is 11.8. The smallest absolute Gasteiger partial charge is 0.315 e. The minimum absolute atomic E-state index is 0. The largest absolute Gasteiger partial charge is 0.326 e. The van der Waals surface area contributed by atoms with Crippen molar-refractivity contribution in [3.63, 3.8) is 0 Å². The van der Waals surface area contributed by atoms with Crippen LogP contribution in [0.4, 0.5) is 0 Å². The van der Waals surface area contributed by atoms with E-state index in [0.29, 0.717) is 6.04 Å². The van der Waals surface area contributed by atoms with Gasteiger partial charge in [-0.25, -0.2) is 4.79 Å². The fraction of sp³-hybridized carbons (Fsp3) is 0.364. The lowest BCUT2D eigenvalue weighted by molar-refractivity contribution is 0.546. The molecule has 1 aromatic heterocycles. The summed E-state index contributed by atoms with van der Waals surface area (Å²) >= 11 is 0. The molecule has 0 unspecified atom stereocenters. The summed E-state index contributed by atoms with van der Waals surface area (Å²) in [7, 11) is 0. The van der Waals surface area contributed by atoms with Gasteiger partial charge in [-0.2, -0.15) is 0 Å². The van der Waals surface area contributed by atoms with Gasteiger partial charge in [-0.3, -0.25) is 4.57 Å². The van der Waals surface area contributed by atoms with E-state index in [-0.39, 0.29) is 18.1 Å². The van der Waals surface area contributed by atoms with Crippen LogP contribution in [0, 0.1) is 0 Å². The molecule has 0 spiro atoms. The van der Waals surface area contributed by atoms with Crippen molar-refractivity contribution in [1.29, 1.82) is 0 Å². The highest BCUT2D eigenvalue weighted by Crippen LogP contribution is 2.18. The number of halogens is 1. The molecule has 1 saturated heterocycles. The van der Waals surface area contributed by atoms with Crippen molar-refractivity contribution in [2.45, 2.75) is 12.5 Å². The van der Waals surface area contributed by atoms with E-state index in [1.54, 1.807) is 0 Å². The maximum Gasteiger partial charge on any atom is 0.326 e. The summed E-state index contributed by atoms with van der Waals surface area (Å²) < 4.78 is 1.87. The number of imidazole rings is 1. The van der Waals surface area contributed by atoms with Crippen molar-refractivity contribution < 1.29 is 0 Å². The van der Waals surface area contributed by atoms with Gasteiger partial charge in [0.1, 0.15) is 0 Å². The van der Waals surface area contributed by atoms with Gasteiger partial charge < -0.3 is 10.3 Å². The van der Waals surface area contributed by atoms with Crippen LogP contribution in [0.1, 0.15) is 12.5 Å². The number of nitrogens with zero attached hydrogens (tertiary/aromatic N) is 1. The highest BCUT2D eigenvalue weighted by Gasteiger charge is 2.20. The summed E-state index contributed by atoms with van der Waals surface area (Å²) in [5.41, 5.74) is 1.94. The predicted molar refractivity (Wildman–Crippen MR) is 66.3 cm³/mol. The first-order valence-corrected chi connectivity index (χ1v) is 5.26. The van der Waals surface area contributed by atoms with E-state index in [9.17, 15) is 4.79 Å². The Morgan fingerprint density at radius 3 is 2.88 bits per heavy atom. The van der Waals surface area contributed by atoms with Gasteiger partial charge in [0.25, 0.3) is 0 Å². The highest BCUT2D eigenvalue weighted by molar-refractivity contribution is 5.85. The number of aromatic amines is 1. The molecule has 0 amide bonds. The van der Waals surface area contributed by atoms with Crippen LogP contribution in [0.5, 0.6) is 0 Å². The normalized spacial score (nSPS) is 19.9. The maximum absolute atomic E-state index is 11.8. The zero-order chi connectivity index (χ0) is 10.3. The molecular weight excluding hydrogens is 226 g/mol. The predicted octanol–water partition coefficient (Wildman–Crippen LogP) is 1.29. The number of para-hydroxylation sites is 2. The van der Waals surface area contributed by atoms with E-state index in [4.69, 9.17) is 0 Å². The van der Waals surface area contributed by atoms with Crippen molar-refractivity contribution >= 4 is 23.4 Å². The van der Waals surface area contributed by atoms with Crippen molar-refractivity contribution in [2.24, 2.45) is 0 Å². The molecule has 0 radical (unpaired) electrons. The zero-order valence-electron chi connectivity index (χ0n) is 8.77. The lowest BCUT2D eigenvalue weighted by Crippen LogP contribution is -2.23. The summed E-state index contributed by atoms with van der Waals surface area (Å²) in [4.78, 5) is 14.7. The van der Waals surface area contributed by atoms with Gasteiger partial charge in [0.2, 0.25) is 0 Å². The molecule has 5 heteroatoms. The van der Waals surface area contributed by atoms with Crippen molar-refractivity contribution in [3.8, 4) is 0 Å². The number of H-pyrrole nitrogens is 1. The van der Waals surface area contributed by atoms with Crippen LogP contribution in [0.25, 0.3) is 11.0 Å². The van der Waals surface area contributed by atoms with Gasteiger partial charge in [-0.05, 0) is 25.1 Å². The second-order valence-electron chi connectivity index (χ2n) is 3.96. The number of fused-ring (bicyclic) bond motifs is 1. The molecule has 2 aromatic rings. The first kappa shape index (κ1) is 11.2. The third-order valence-corrected chi connectivity index (χ3v) is 3.02.